The first-order chi connectivity index (χ1) is 10.2. The second kappa shape index (κ2) is 4.60. The van der Waals surface area contributed by atoms with Crippen LogP contribution < -0.4 is 5.32 Å². The van der Waals surface area contributed by atoms with Gasteiger partial charge in [0.25, 0.3) is 6.01 Å². The molecule has 6 nitrogen and oxygen atoms in total. The molecule has 1 saturated carbocycles. The molecule has 0 bridgehead atoms. The molecule has 1 aliphatic rings. The Bertz CT molecular complexity index is 746. The molecule has 21 heavy (non-hydrogen) atoms. The van der Waals surface area contributed by atoms with Gasteiger partial charge >= 0.3 is 0 Å². The van der Waals surface area contributed by atoms with Crippen molar-refractivity contribution in [2.24, 2.45) is 0 Å². The number of nitrogens with zero attached hydrogens (tertiary/aromatic N) is 3. The van der Waals surface area contributed by atoms with Crippen LogP contribution in [0.4, 0.5) is 6.01 Å². The second-order valence-corrected chi connectivity index (χ2v) is 5.53. The number of anilines is 1. The maximum Gasteiger partial charge on any atom is 0.295 e. The molecule has 2 N–H and O–H groups in total. The average Bonchev–Trinajstić information content (AvgIpc) is 3.04. The summed E-state index contributed by atoms with van der Waals surface area (Å²) in [5.41, 5.74) is 2.66. The van der Waals surface area contributed by atoms with Crippen molar-refractivity contribution < 1.29 is 9.52 Å². The highest BCUT2D eigenvalue weighted by Gasteiger charge is 2.42. The monoisotopic (exact) mass is 284 g/mol. The minimum Gasteiger partial charge on any atom is -0.424 e. The zero-order valence-electron chi connectivity index (χ0n) is 11.6. The summed E-state index contributed by atoms with van der Waals surface area (Å²) in [6, 6.07) is 8.10. The molecule has 2 heterocycles. The van der Waals surface area contributed by atoms with E-state index in [-0.39, 0.29) is 12.1 Å². The smallest absolute Gasteiger partial charge is 0.295 e. The van der Waals surface area contributed by atoms with E-state index >= 15 is 0 Å². The number of fused-ring (bicyclic) bond motifs is 1. The van der Waals surface area contributed by atoms with Crippen molar-refractivity contribution in [1.29, 1.82) is 0 Å². The van der Waals surface area contributed by atoms with Crippen LogP contribution in [0.2, 0.25) is 0 Å². The summed E-state index contributed by atoms with van der Waals surface area (Å²) in [5.74, 6) is 0. The molecular weight excluding hydrogens is 268 g/mol. The van der Waals surface area contributed by atoms with Gasteiger partial charge in [-0.1, -0.05) is 12.1 Å². The number of aliphatic hydroxyl groups excluding tert-OH is 1. The van der Waals surface area contributed by atoms with Gasteiger partial charge in [-0.2, -0.15) is 10.1 Å². The van der Waals surface area contributed by atoms with E-state index in [1.807, 2.05) is 42.1 Å². The molecule has 0 saturated heterocycles. The van der Waals surface area contributed by atoms with Gasteiger partial charge in [0.1, 0.15) is 5.52 Å². The van der Waals surface area contributed by atoms with Crippen LogP contribution in [0.25, 0.3) is 11.1 Å². The highest BCUT2D eigenvalue weighted by atomic mass is 16.4. The maximum absolute atomic E-state index is 10.0. The highest BCUT2D eigenvalue weighted by molar-refractivity contribution is 5.74. The number of hydrogen-bond acceptors (Lipinski definition) is 5. The summed E-state index contributed by atoms with van der Waals surface area (Å²) in [6.07, 6.45) is 3.99. The van der Waals surface area contributed by atoms with Crippen molar-refractivity contribution in [2.75, 3.05) is 5.32 Å². The van der Waals surface area contributed by atoms with Crippen LogP contribution in [-0.4, -0.2) is 32.0 Å². The molecule has 0 amide bonds. The third-order valence-electron chi connectivity index (χ3n) is 3.94. The summed E-state index contributed by atoms with van der Waals surface area (Å²) < 4.78 is 7.47. The van der Waals surface area contributed by atoms with E-state index in [1.54, 1.807) is 6.20 Å². The number of aryl methyl sites for hydroxylation is 1. The molecule has 1 fully saturated rings. The normalized spacial score (nSPS) is 25.0. The Kier molecular flexibility index (Phi) is 2.71. The lowest BCUT2D eigenvalue weighted by molar-refractivity contribution is 0.0127. The first kappa shape index (κ1) is 12.4. The van der Waals surface area contributed by atoms with Gasteiger partial charge in [0.15, 0.2) is 5.58 Å². The molecular formula is C15H16N4O2. The number of benzene rings is 1. The van der Waals surface area contributed by atoms with Crippen LogP contribution in [0.15, 0.2) is 41.1 Å². The number of oxazole rings is 1. The maximum atomic E-state index is 10.0. The van der Waals surface area contributed by atoms with Gasteiger partial charge in [-0.05, 0) is 31.0 Å². The zero-order valence-corrected chi connectivity index (χ0v) is 11.6. The molecule has 1 aliphatic carbocycles. The van der Waals surface area contributed by atoms with Crippen LogP contribution in [0.5, 0.6) is 0 Å². The number of aliphatic hydroxyl groups is 1. The predicted molar refractivity (Wildman–Crippen MR) is 78.0 cm³/mol. The van der Waals surface area contributed by atoms with Crippen molar-refractivity contribution in [2.45, 2.75) is 31.5 Å². The molecule has 3 aromatic rings. The van der Waals surface area contributed by atoms with Crippen LogP contribution in [0.3, 0.4) is 0 Å². The van der Waals surface area contributed by atoms with Gasteiger partial charge in [-0.15, -0.1) is 0 Å². The van der Waals surface area contributed by atoms with Gasteiger partial charge < -0.3 is 14.8 Å². The molecule has 0 unspecified atom stereocenters. The summed E-state index contributed by atoms with van der Waals surface area (Å²) in [7, 11) is 0. The minimum atomic E-state index is -0.397. The van der Waals surface area contributed by atoms with E-state index in [4.69, 9.17) is 4.42 Å². The van der Waals surface area contributed by atoms with Gasteiger partial charge in [-0.25, -0.2) is 0 Å². The van der Waals surface area contributed by atoms with Gasteiger partial charge in [0.05, 0.1) is 24.4 Å². The first-order valence-electron chi connectivity index (χ1n) is 7.01. The quantitative estimate of drug-likeness (QED) is 0.770. The topological polar surface area (TPSA) is 76.1 Å². The molecule has 4 rings (SSSR count). The molecule has 2 aromatic heterocycles. The SMILES string of the molecule is Cc1cnn([C@H]2[C@H](O)C[C@@H]2Nc2nc3ccccc3o2)c1. The van der Waals surface area contributed by atoms with E-state index in [2.05, 4.69) is 15.4 Å². The van der Waals surface area contributed by atoms with Crippen molar-refractivity contribution in [1.82, 2.24) is 14.8 Å². The summed E-state index contributed by atoms with van der Waals surface area (Å²) >= 11 is 0. The lowest BCUT2D eigenvalue weighted by Crippen LogP contribution is -2.51. The second-order valence-electron chi connectivity index (χ2n) is 5.53. The number of rotatable bonds is 3. The highest BCUT2D eigenvalue weighted by Crippen LogP contribution is 2.35. The number of hydrogen-bond donors (Lipinski definition) is 2. The fraction of sp³-hybridized carbons (Fsp3) is 0.333. The molecule has 3 atom stereocenters. The third kappa shape index (κ3) is 2.08. The van der Waals surface area contributed by atoms with Gasteiger partial charge in [0, 0.05) is 6.20 Å². The lowest BCUT2D eigenvalue weighted by atomic mass is 9.83. The Morgan fingerprint density at radius 2 is 2.24 bits per heavy atom. The van der Waals surface area contributed by atoms with Crippen LogP contribution in [0.1, 0.15) is 18.0 Å². The van der Waals surface area contributed by atoms with E-state index in [9.17, 15) is 5.11 Å². The molecule has 1 aromatic carbocycles. The van der Waals surface area contributed by atoms with E-state index < -0.39 is 6.10 Å². The standard InChI is InChI=1S/C15H16N4O2/c1-9-7-16-19(8-9)14-11(6-12(14)20)18-15-17-10-4-2-3-5-13(10)21-15/h2-5,7-8,11-12,14,20H,6H2,1H3,(H,17,18)/t11-,12+,14+/m0/s1. The Balaban J connectivity index is 1.56. The fourth-order valence-corrected chi connectivity index (χ4v) is 2.80. The van der Waals surface area contributed by atoms with Crippen LogP contribution in [0, 0.1) is 6.92 Å². The summed E-state index contributed by atoms with van der Waals surface area (Å²) in [6.45, 7) is 1.98. The average molecular weight is 284 g/mol. The first-order valence-corrected chi connectivity index (χ1v) is 7.01. The van der Waals surface area contributed by atoms with Crippen molar-refractivity contribution in [3.05, 3.63) is 42.2 Å². The van der Waals surface area contributed by atoms with Crippen molar-refractivity contribution >= 4 is 17.1 Å². The van der Waals surface area contributed by atoms with E-state index in [1.165, 1.54) is 0 Å². The molecule has 0 spiro atoms. The summed E-state index contributed by atoms with van der Waals surface area (Å²) in [4.78, 5) is 4.40. The Morgan fingerprint density at radius 3 is 2.95 bits per heavy atom. The number of aromatic nitrogens is 3. The van der Waals surface area contributed by atoms with Crippen LogP contribution in [-0.2, 0) is 0 Å². The Labute approximate surface area is 121 Å². The fourth-order valence-electron chi connectivity index (χ4n) is 2.80. The Hall–Kier alpha value is -2.34. The van der Waals surface area contributed by atoms with E-state index in [0.717, 1.165) is 16.7 Å². The number of para-hydroxylation sites is 2. The minimum absolute atomic E-state index is 0.0624. The lowest BCUT2D eigenvalue weighted by Gasteiger charge is -2.41. The molecule has 6 heteroatoms. The summed E-state index contributed by atoms with van der Waals surface area (Å²) in [5, 5.41) is 17.6. The molecule has 0 radical (unpaired) electrons. The van der Waals surface area contributed by atoms with E-state index in [0.29, 0.717) is 12.4 Å². The largest absolute Gasteiger partial charge is 0.424 e. The van der Waals surface area contributed by atoms with Gasteiger partial charge in [-0.3, -0.25) is 4.68 Å². The molecule has 108 valence electrons. The Morgan fingerprint density at radius 1 is 1.38 bits per heavy atom. The number of nitrogens with one attached hydrogen (secondary N) is 1. The predicted octanol–water partition coefficient (Wildman–Crippen LogP) is 2.12. The van der Waals surface area contributed by atoms with Crippen molar-refractivity contribution in [3.8, 4) is 0 Å². The van der Waals surface area contributed by atoms with Crippen molar-refractivity contribution in [3.63, 3.8) is 0 Å². The third-order valence-corrected chi connectivity index (χ3v) is 3.94. The van der Waals surface area contributed by atoms with Gasteiger partial charge in [0.2, 0.25) is 0 Å². The molecule has 0 aliphatic heterocycles. The van der Waals surface area contributed by atoms with Crippen LogP contribution >= 0.6 is 0 Å². The zero-order chi connectivity index (χ0) is 14.4.